The van der Waals surface area contributed by atoms with Crippen LogP contribution in [0.5, 0.6) is 11.5 Å². The van der Waals surface area contributed by atoms with Crippen molar-refractivity contribution in [3.05, 3.63) is 119 Å². The molecule has 5 aromatic rings. The highest BCUT2D eigenvalue weighted by molar-refractivity contribution is 6.51. The number of unbranched alkanes of at least 4 members (excludes halogenated alkanes) is 1. The molecule has 1 aromatic heterocycles. The third kappa shape index (κ3) is 5.02. The minimum absolute atomic E-state index is 0.333. The summed E-state index contributed by atoms with van der Waals surface area (Å²) in [5, 5.41) is 8.66. The first-order valence-corrected chi connectivity index (χ1v) is 15.4. The molecule has 1 N–H and O–H groups in total. The average molecular weight is 597 g/mol. The van der Waals surface area contributed by atoms with E-state index in [1.54, 1.807) is 14.2 Å². The minimum atomic E-state index is -0.333. The molecular weight excluding hydrogens is 560 g/mol. The van der Waals surface area contributed by atoms with Crippen LogP contribution < -0.4 is 19.7 Å². The third-order valence-corrected chi connectivity index (χ3v) is 8.40. The average Bonchev–Trinajstić information content (AvgIpc) is 3.42. The lowest BCUT2D eigenvalue weighted by Crippen LogP contribution is -2.46. The van der Waals surface area contributed by atoms with Gasteiger partial charge in [-0.2, -0.15) is 5.10 Å². The predicted molar refractivity (Wildman–Crippen MR) is 181 cm³/mol. The van der Waals surface area contributed by atoms with E-state index in [9.17, 15) is 0 Å². The molecule has 0 unspecified atom stereocenters. The van der Waals surface area contributed by atoms with Gasteiger partial charge in [0.2, 0.25) is 0 Å². The molecule has 1 atom stereocenters. The highest BCUT2D eigenvalue weighted by Crippen LogP contribution is 2.51. The van der Waals surface area contributed by atoms with Crippen LogP contribution >= 0.6 is 0 Å². The fraction of sp³-hybridized carbons (Fsp3) is 0.216. The Morgan fingerprint density at radius 3 is 2.36 bits per heavy atom. The molecule has 2 aliphatic rings. The number of anilines is 2. The molecule has 3 heterocycles. The number of aryl methyl sites for hydroxylation is 2. The Hall–Kier alpha value is -5.37. The summed E-state index contributed by atoms with van der Waals surface area (Å²) in [5.41, 5.74) is 7.82. The van der Waals surface area contributed by atoms with Crippen molar-refractivity contribution in [2.75, 3.05) is 24.4 Å². The summed E-state index contributed by atoms with van der Waals surface area (Å²) in [5.74, 6) is 3.44. The number of ether oxygens (including phenoxy) is 2. The monoisotopic (exact) mass is 596 g/mol. The van der Waals surface area contributed by atoms with Crippen molar-refractivity contribution >= 4 is 34.6 Å². The van der Waals surface area contributed by atoms with Crippen LogP contribution in [0, 0.1) is 6.92 Å². The number of hydrogen-bond donors (Lipinski definition) is 1. The molecule has 8 nitrogen and oxygen atoms in total. The zero-order valence-corrected chi connectivity index (χ0v) is 26.0. The van der Waals surface area contributed by atoms with E-state index in [0.29, 0.717) is 23.2 Å². The van der Waals surface area contributed by atoms with Crippen LogP contribution in [0.2, 0.25) is 0 Å². The van der Waals surface area contributed by atoms with E-state index in [-0.39, 0.29) is 6.04 Å². The van der Waals surface area contributed by atoms with Crippen LogP contribution in [0.25, 0.3) is 5.69 Å². The van der Waals surface area contributed by atoms with Gasteiger partial charge in [-0.1, -0.05) is 67.9 Å². The Morgan fingerprint density at radius 2 is 1.60 bits per heavy atom. The minimum Gasteiger partial charge on any atom is -0.493 e. The van der Waals surface area contributed by atoms with Crippen molar-refractivity contribution in [2.45, 2.75) is 39.2 Å². The maximum absolute atomic E-state index is 6.03. The van der Waals surface area contributed by atoms with Crippen LogP contribution in [-0.2, 0) is 6.42 Å². The van der Waals surface area contributed by atoms with E-state index >= 15 is 0 Å². The Bertz CT molecular complexity index is 1910. The second-order valence-electron chi connectivity index (χ2n) is 11.2. The first-order chi connectivity index (χ1) is 22.1. The number of fused-ring (bicyclic) bond motifs is 4. The molecule has 0 bridgehead atoms. The standard InChI is InChI=1S/C37H36N6O2/c1-5-6-13-25-20-22-26(23-21-25)38-35-37-40-36-32(24(2)41-43(36)27-14-8-7-9-15-27)33(28-16-12-19-31(44-3)34(28)45-4)42(37)30-18-11-10-17-29(30)39-35/h7-12,14-23,33H,5-6,13H2,1-4H3,(H,38,39)/t33-/m1/s1. The van der Waals surface area contributed by atoms with Crippen LogP contribution in [0.1, 0.15) is 48.2 Å². The number of amidine groups is 2. The zero-order valence-electron chi connectivity index (χ0n) is 26.0. The fourth-order valence-corrected chi connectivity index (χ4v) is 6.24. The molecule has 7 rings (SSSR count). The fourth-order valence-electron chi connectivity index (χ4n) is 6.24. The van der Waals surface area contributed by atoms with Gasteiger partial charge in [0.15, 0.2) is 29.0 Å². The first kappa shape index (κ1) is 28.4. The van der Waals surface area contributed by atoms with E-state index in [1.165, 1.54) is 18.4 Å². The molecule has 0 spiro atoms. The van der Waals surface area contributed by atoms with Gasteiger partial charge in [-0.3, -0.25) is 0 Å². The molecular formula is C37H36N6O2. The smallest absolute Gasteiger partial charge is 0.179 e. The Balaban J connectivity index is 1.45. The van der Waals surface area contributed by atoms with Crippen molar-refractivity contribution in [1.29, 1.82) is 0 Å². The summed E-state index contributed by atoms with van der Waals surface area (Å²) in [4.78, 5) is 12.7. The Labute approximate surface area is 263 Å². The summed E-state index contributed by atoms with van der Waals surface area (Å²) in [6.07, 6.45) is 3.42. The van der Waals surface area contributed by atoms with Gasteiger partial charge in [-0.05, 0) is 67.8 Å². The van der Waals surface area contributed by atoms with E-state index in [2.05, 4.69) is 53.5 Å². The highest BCUT2D eigenvalue weighted by atomic mass is 16.5. The van der Waals surface area contributed by atoms with Crippen LogP contribution in [0.4, 0.5) is 22.9 Å². The van der Waals surface area contributed by atoms with Gasteiger partial charge in [0, 0.05) is 16.8 Å². The molecule has 226 valence electrons. The molecule has 2 aliphatic heterocycles. The second kappa shape index (κ2) is 12.0. The van der Waals surface area contributed by atoms with Crippen molar-refractivity contribution in [3.63, 3.8) is 0 Å². The van der Waals surface area contributed by atoms with Crippen molar-refractivity contribution in [1.82, 2.24) is 9.78 Å². The Morgan fingerprint density at radius 1 is 0.822 bits per heavy atom. The zero-order chi connectivity index (χ0) is 30.9. The van der Waals surface area contributed by atoms with E-state index in [4.69, 9.17) is 24.6 Å². The normalized spacial score (nSPS) is 14.9. The summed E-state index contributed by atoms with van der Waals surface area (Å²) in [7, 11) is 3.35. The van der Waals surface area contributed by atoms with Gasteiger partial charge in [0.25, 0.3) is 0 Å². The van der Waals surface area contributed by atoms with Gasteiger partial charge < -0.3 is 19.7 Å². The number of hydrogen-bond acceptors (Lipinski definition) is 7. The summed E-state index contributed by atoms with van der Waals surface area (Å²) >= 11 is 0. The number of nitrogens with zero attached hydrogens (tertiary/aromatic N) is 5. The van der Waals surface area contributed by atoms with E-state index in [1.807, 2.05) is 72.3 Å². The molecule has 45 heavy (non-hydrogen) atoms. The first-order valence-electron chi connectivity index (χ1n) is 15.4. The number of para-hydroxylation sites is 4. The lowest BCUT2D eigenvalue weighted by Gasteiger charge is -2.41. The molecule has 0 amide bonds. The topological polar surface area (TPSA) is 76.3 Å². The highest BCUT2D eigenvalue weighted by Gasteiger charge is 2.43. The van der Waals surface area contributed by atoms with Crippen LogP contribution in [-0.4, -0.2) is 35.7 Å². The van der Waals surface area contributed by atoms with Gasteiger partial charge in [0.1, 0.15) is 0 Å². The van der Waals surface area contributed by atoms with Gasteiger partial charge in [-0.15, -0.1) is 0 Å². The van der Waals surface area contributed by atoms with E-state index in [0.717, 1.165) is 51.8 Å². The number of nitrogens with one attached hydrogen (secondary N) is 1. The molecule has 0 saturated carbocycles. The summed E-state index contributed by atoms with van der Waals surface area (Å²) in [6.45, 7) is 4.26. The van der Waals surface area contributed by atoms with Gasteiger partial charge in [-0.25, -0.2) is 14.7 Å². The maximum atomic E-state index is 6.03. The lowest BCUT2D eigenvalue weighted by atomic mass is 9.92. The lowest BCUT2D eigenvalue weighted by molar-refractivity contribution is 0.350. The van der Waals surface area contributed by atoms with Crippen LogP contribution in [0.15, 0.2) is 107 Å². The number of rotatable bonds is 8. The van der Waals surface area contributed by atoms with E-state index < -0.39 is 0 Å². The van der Waals surface area contributed by atoms with Crippen molar-refractivity contribution in [3.8, 4) is 17.2 Å². The van der Waals surface area contributed by atoms with Gasteiger partial charge >= 0.3 is 0 Å². The molecule has 0 fully saturated rings. The predicted octanol–water partition coefficient (Wildman–Crippen LogP) is 8.34. The quantitative estimate of drug-likeness (QED) is 0.195. The SMILES string of the molecule is CCCCc1ccc(NC2=Nc3ccccc3N3C2=Nc2c(c(C)nn2-c2ccccc2)[C@H]3c2cccc(OC)c2OC)cc1. The summed E-state index contributed by atoms with van der Waals surface area (Å²) < 4.78 is 13.7. The molecule has 8 heteroatoms. The van der Waals surface area contributed by atoms with Crippen LogP contribution in [0.3, 0.4) is 0 Å². The molecule has 0 saturated heterocycles. The third-order valence-electron chi connectivity index (χ3n) is 8.40. The summed E-state index contributed by atoms with van der Waals surface area (Å²) in [6, 6.07) is 32.6. The maximum Gasteiger partial charge on any atom is 0.179 e. The molecule has 4 aromatic carbocycles. The number of aliphatic imine (C=N–C) groups is 2. The molecule has 0 aliphatic carbocycles. The molecule has 0 radical (unpaired) electrons. The number of benzene rings is 4. The van der Waals surface area contributed by atoms with Crippen molar-refractivity contribution in [2.24, 2.45) is 9.98 Å². The van der Waals surface area contributed by atoms with Gasteiger partial charge in [0.05, 0.1) is 43.0 Å². The largest absolute Gasteiger partial charge is 0.493 e. The number of methoxy groups -OCH3 is 2. The second-order valence-corrected chi connectivity index (χ2v) is 11.2. The number of aromatic nitrogens is 2. The Kier molecular flexibility index (Phi) is 7.55. The van der Waals surface area contributed by atoms with Crippen molar-refractivity contribution < 1.29 is 9.47 Å².